The molecule has 0 aliphatic rings. The maximum atomic E-state index is 11.8. The molecule has 106 valence electrons. The van der Waals surface area contributed by atoms with E-state index in [1.54, 1.807) is 6.07 Å². The van der Waals surface area contributed by atoms with Gasteiger partial charge < -0.3 is 16.0 Å². The van der Waals surface area contributed by atoms with E-state index in [4.69, 9.17) is 5.73 Å². The lowest BCUT2D eigenvalue weighted by Crippen LogP contribution is -2.27. The van der Waals surface area contributed by atoms with Gasteiger partial charge in [0.25, 0.3) is 5.91 Å². The van der Waals surface area contributed by atoms with E-state index >= 15 is 0 Å². The molecule has 1 rings (SSSR count). The third-order valence-corrected chi connectivity index (χ3v) is 3.10. The van der Waals surface area contributed by atoms with Crippen molar-refractivity contribution in [1.82, 2.24) is 15.2 Å². The number of carbonyl (C=O) groups is 1. The summed E-state index contributed by atoms with van der Waals surface area (Å²) in [4.78, 5) is 18.1. The van der Waals surface area contributed by atoms with Crippen LogP contribution in [0.4, 0.5) is 5.69 Å². The molecule has 0 aliphatic carbocycles. The smallest absolute Gasteiger partial charge is 0.252 e. The van der Waals surface area contributed by atoms with Crippen LogP contribution in [0.3, 0.4) is 0 Å². The van der Waals surface area contributed by atoms with Gasteiger partial charge >= 0.3 is 0 Å². The number of unbranched alkanes of at least 4 members (excludes halogenated alkanes) is 1. The summed E-state index contributed by atoms with van der Waals surface area (Å²) in [5.41, 5.74) is 6.61. The van der Waals surface area contributed by atoms with Crippen LogP contribution in [-0.4, -0.2) is 42.0 Å². The van der Waals surface area contributed by atoms with Crippen LogP contribution >= 0.6 is 0 Å². The minimum absolute atomic E-state index is 0.109. The minimum Gasteiger partial charge on any atom is -0.397 e. The molecule has 0 bridgehead atoms. The molecule has 0 radical (unpaired) electrons. The van der Waals surface area contributed by atoms with Crippen molar-refractivity contribution in [1.29, 1.82) is 0 Å². The van der Waals surface area contributed by atoms with Gasteiger partial charge in [0, 0.05) is 18.9 Å². The first kappa shape index (κ1) is 15.4. The van der Waals surface area contributed by atoms with Crippen molar-refractivity contribution < 1.29 is 4.79 Å². The van der Waals surface area contributed by atoms with Crippen molar-refractivity contribution in [2.45, 2.75) is 26.7 Å². The van der Waals surface area contributed by atoms with Crippen molar-refractivity contribution in [3.8, 4) is 0 Å². The van der Waals surface area contributed by atoms with Crippen LogP contribution in [0.2, 0.25) is 0 Å². The molecule has 19 heavy (non-hydrogen) atoms. The minimum atomic E-state index is -0.109. The molecule has 0 saturated heterocycles. The van der Waals surface area contributed by atoms with Gasteiger partial charge in [0.05, 0.1) is 11.3 Å². The van der Waals surface area contributed by atoms with E-state index < -0.39 is 0 Å². The number of pyridine rings is 1. The predicted molar refractivity (Wildman–Crippen MR) is 78.0 cm³/mol. The van der Waals surface area contributed by atoms with Gasteiger partial charge in [-0.3, -0.25) is 9.78 Å². The molecule has 0 aliphatic heterocycles. The zero-order valence-electron chi connectivity index (χ0n) is 11.9. The van der Waals surface area contributed by atoms with Crippen LogP contribution in [-0.2, 0) is 0 Å². The lowest BCUT2D eigenvalue weighted by Gasteiger charge is -2.17. The highest BCUT2D eigenvalue weighted by Crippen LogP contribution is 2.03. The number of amides is 1. The van der Waals surface area contributed by atoms with Gasteiger partial charge in [0.1, 0.15) is 0 Å². The Labute approximate surface area is 115 Å². The molecule has 0 fully saturated rings. The third kappa shape index (κ3) is 5.70. The molecule has 0 atom stereocenters. The number of nitrogens with two attached hydrogens (primary N) is 1. The zero-order valence-corrected chi connectivity index (χ0v) is 11.9. The maximum absolute atomic E-state index is 11.8. The molecular formula is C14H24N4O. The van der Waals surface area contributed by atoms with Gasteiger partial charge in [0.15, 0.2) is 0 Å². The fourth-order valence-corrected chi connectivity index (χ4v) is 1.89. The molecular weight excluding hydrogens is 240 g/mol. The van der Waals surface area contributed by atoms with E-state index in [9.17, 15) is 4.79 Å². The Bertz CT molecular complexity index is 391. The summed E-state index contributed by atoms with van der Waals surface area (Å²) in [6, 6.07) is 1.64. The number of carbonyl (C=O) groups excluding carboxylic acids is 1. The molecule has 1 amide bonds. The normalized spacial score (nSPS) is 10.7. The summed E-state index contributed by atoms with van der Waals surface area (Å²) in [7, 11) is 0. The second-order valence-electron chi connectivity index (χ2n) is 4.50. The van der Waals surface area contributed by atoms with Crippen LogP contribution in [0.25, 0.3) is 0 Å². The van der Waals surface area contributed by atoms with E-state index in [1.807, 2.05) is 0 Å². The van der Waals surface area contributed by atoms with Gasteiger partial charge in [0.2, 0.25) is 0 Å². The quantitative estimate of drug-likeness (QED) is 0.698. The fourth-order valence-electron chi connectivity index (χ4n) is 1.89. The Morgan fingerprint density at radius 1 is 1.32 bits per heavy atom. The van der Waals surface area contributed by atoms with Crippen LogP contribution in [0.1, 0.15) is 37.0 Å². The Hall–Kier alpha value is -1.62. The van der Waals surface area contributed by atoms with Crippen molar-refractivity contribution in [3.63, 3.8) is 0 Å². The molecule has 1 heterocycles. The van der Waals surface area contributed by atoms with Crippen molar-refractivity contribution in [2.24, 2.45) is 0 Å². The Kier molecular flexibility index (Phi) is 6.89. The topological polar surface area (TPSA) is 71.2 Å². The standard InChI is InChI=1S/C14H24N4O/c1-3-18(4-2)8-6-5-7-17-14(19)12-9-13(15)11-16-10-12/h9-11H,3-8,15H2,1-2H3,(H,17,19). The Morgan fingerprint density at radius 2 is 2.05 bits per heavy atom. The average molecular weight is 264 g/mol. The fraction of sp³-hybridized carbons (Fsp3) is 0.571. The number of aromatic nitrogens is 1. The van der Waals surface area contributed by atoms with Gasteiger partial charge in [-0.05, 0) is 38.5 Å². The van der Waals surface area contributed by atoms with Crippen LogP contribution in [0, 0.1) is 0 Å². The summed E-state index contributed by atoms with van der Waals surface area (Å²) in [5, 5.41) is 2.88. The number of nitrogens with one attached hydrogen (secondary N) is 1. The summed E-state index contributed by atoms with van der Waals surface area (Å²) >= 11 is 0. The number of anilines is 1. The summed E-state index contributed by atoms with van der Waals surface area (Å²) < 4.78 is 0. The van der Waals surface area contributed by atoms with E-state index in [2.05, 4.69) is 29.0 Å². The molecule has 5 heteroatoms. The average Bonchev–Trinajstić information content (AvgIpc) is 2.42. The van der Waals surface area contributed by atoms with Crippen molar-refractivity contribution in [3.05, 3.63) is 24.0 Å². The summed E-state index contributed by atoms with van der Waals surface area (Å²) in [6.45, 7) is 8.27. The number of nitrogens with zero attached hydrogens (tertiary/aromatic N) is 2. The first-order valence-corrected chi connectivity index (χ1v) is 6.88. The van der Waals surface area contributed by atoms with E-state index in [0.29, 0.717) is 17.8 Å². The zero-order chi connectivity index (χ0) is 14.1. The summed E-state index contributed by atoms with van der Waals surface area (Å²) in [6.07, 6.45) is 5.14. The molecule has 0 unspecified atom stereocenters. The molecule has 0 aromatic carbocycles. The van der Waals surface area contributed by atoms with Gasteiger partial charge in [-0.2, -0.15) is 0 Å². The van der Waals surface area contributed by atoms with Gasteiger partial charge in [-0.25, -0.2) is 0 Å². The molecule has 0 saturated carbocycles. The van der Waals surface area contributed by atoms with Crippen LogP contribution in [0.15, 0.2) is 18.5 Å². The van der Waals surface area contributed by atoms with Crippen LogP contribution in [0.5, 0.6) is 0 Å². The first-order valence-electron chi connectivity index (χ1n) is 6.88. The van der Waals surface area contributed by atoms with Gasteiger partial charge in [-0.1, -0.05) is 13.8 Å². The second-order valence-corrected chi connectivity index (χ2v) is 4.50. The third-order valence-electron chi connectivity index (χ3n) is 3.10. The van der Waals surface area contributed by atoms with Crippen LogP contribution < -0.4 is 11.1 Å². The molecule has 0 spiro atoms. The predicted octanol–water partition coefficient (Wildman–Crippen LogP) is 1.52. The first-order chi connectivity index (χ1) is 9.17. The largest absolute Gasteiger partial charge is 0.397 e. The number of nitrogen functional groups attached to an aromatic ring is 1. The highest BCUT2D eigenvalue weighted by molar-refractivity contribution is 5.94. The van der Waals surface area contributed by atoms with Crippen molar-refractivity contribution in [2.75, 3.05) is 31.9 Å². The van der Waals surface area contributed by atoms with Crippen molar-refractivity contribution >= 4 is 11.6 Å². The highest BCUT2D eigenvalue weighted by Gasteiger charge is 2.05. The number of hydrogen-bond donors (Lipinski definition) is 2. The number of hydrogen-bond acceptors (Lipinski definition) is 4. The molecule has 1 aromatic rings. The summed E-state index contributed by atoms with van der Waals surface area (Å²) in [5.74, 6) is -0.109. The van der Waals surface area contributed by atoms with Gasteiger partial charge in [-0.15, -0.1) is 0 Å². The Balaban J connectivity index is 2.21. The molecule has 3 N–H and O–H groups in total. The monoisotopic (exact) mass is 264 g/mol. The van der Waals surface area contributed by atoms with E-state index in [0.717, 1.165) is 32.5 Å². The highest BCUT2D eigenvalue weighted by atomic mass is 16.1. The lowest BCUT2D eigenvalue weighted by atomic mass is 10.2. The molecule has 1 aromatic heterocycles. The lowest BCUT2D eigenvalue weighted by molar-refractivity contribution is 0.0952. The maximum Gasteiger partial charge on any atom is 0.252 e. The SMILES string of the molecule is CCN(CC)CCCCNC(=O)c1cncc(N)c1. The van der Waals surface area contributed by atoms with E-state index in [1.165, 1.54) is 12.4 Å². The molecule has 5 nitrogen and oxygen atoms in total. The number of rotatable bonds is 8. The second kappa shape index (κ2) is 8.48. The van der Waals surface area contributed by atoms with E-state index in [-0.39, 0.29) is 5.91 Å². The Morgan fingerprint density at radius 3 is 2.68 bits per heavy atom.